The van der Waals surface area contributed by atoms with Crippen LogP contribution in [0.25, 0.3) is 0 Å². The van der Waals surface area contributed by atoms with Gasteiger partial charge in [-0.15, -0.1) is 11.3 Å². The molecule has 2 amide bonds. The Bertz CT molecular complexity index is 770. The summed E-state index contributed by atoms with van der Waals surface area (Å²) in [6.45, 7) is 4.54. The zero-order valence-corrected chi connectivity index (χ0v) is 16.1. The van der Waals surface area contributed by atoms with E-state index in [1.165, 1.54) is 16.9 Å². The number of aryl methyl sites for hydroxylation is 1. The molecule has 1 aliphatic heterocycles. The van der Waals surface area contributed by atoms with Crippen LogP contribution in [0.5, 0.6) is 0 Å². The number of amides is 2. The molecule has 1 aromatic heterocycles. The third-order valence-electron chi connectivity index (χ3n) is 4.81. The van der Waals surface area contributed by atoms with E-state index in [9.17, 15) is 9.59 Å². The molecule has 2 aromatic rings. The molecule has 6 heteroatoms. The molecule has 0 radical (unpaired) electrons. The molecule has 26 heavy (non-hydrogen) atoms. The van der Waals surface area contributed by atoms with E-state index >= 15 is 0 Å². The molecule has 0 saturated carbocycles. The third-order valence-corrected chi connectivity index (χ3v) is 5.64. The van der Waals surface area contributed by atoms with Crippen molar-refractivity contribution in [3.8, 4) is 0 Å². The number of rotatable bonds is 6. The van der Waals surface area contributed by atoms with Crippen molar-refractivity contribution in [2.24, 2.45) is 5.92 Å². The van der Waals surface area contributed by atoms with Gasteiger partial charge in [0.2, 0.25) is 0 Å². The summed E-state index contributed by atoms with van der Waals surface area (Å²) in [6, 6.07) is 9.37. The SMILES string of the molecule is CCc1ccc(C(=O)Nc2sccc2C(=O)N2CCC(CNC)C2)cc1. The van der Waals surface area contributed by atoms with Crippen LogP contribution in [-0.2, 0) is 6.42 Å². The van der Waals surface area contributed by atoms with Crippen molar-refractivity contribution in [3.05, 3.63) is 52.4 Å². The van der Waals surface area contributed by atoms with Crippen molar-refractivity contribution in [1.82, 2.24) is 10.2 Å². The lowest BCUT2D eigenvalue weighted by atomic mass is 10.1. The second-order valence-corrected chi connectivity index (χ2v) is 7.55. The predicted octanol–water partition coefficient (Wildman–Crippen LogP) is 3.24. The summed E-state index contributed by atoms with van der Waals surface area (Å²) in [6.07, 6.45) is 1.96. The number of benzene rings is 1. The summed E-state index contributed by atoms with van der Waals surface area (Å²) in [5, 5.41) is 8.55. The maximum absolute atomic E-state index is 12.8. The molecular formula is C20H25N3O2S. The van der Waals surface area contributed by atoms with Gasteiger partial charge in [0, 0.05) is 18.7 Å². The number of nitrogens with zero attached hydrogens (tertiary/aromatic N) is 1. The standard InChI is InChI=1S/C20H25N3O2S/c1-3-14-4-6-16(7-5-14)18(24)22-19-17(9-11-26-19)20(25)23-10-8-15(13-23)12-21-2/h4-7,9,11,15,21H,3,8,10,12-13H2,1-2H3,(H,22,24). The Hall–Kier alpha value is -2.18. The smallest absolute Gasteiger partial charge is 0.256 e. The largest absolute Gasteiger partial charge is 0.338 e. The van der Waals surface area contributed by atoms with Crippen molar-refractivity contribution in [2.45, 2.75) is 19.8 Å². The third kappa shape index (κ3) is 4.14. The van der Waals surface area contributed by atoms with Crippen LogP contribution in [0.15, 0.2) is 35.7 Å². The topological polar surface area (TPSA) is 61.4 Å². The van der Waals surface area contributed by atoms with Gasteiger partial charge in [-0.1, -0.05) is 19.1 Å². The molecule has 1 saturated heterocycles. The van der Waals surface area contributed by atoms with Gasteiger partial charge in [0.1, 0.15) is 5.00 Å². The molecule has 1 atom stereocenters. The molecule has 1 fully saturated rings. The van der Waals surface area contributed by atoms with E-state index in [1.54, 1.807) is 6.07 Å². The average Bonchev–Trinajstić information content (AvgIpc) is 3.31. The number of hydrogen-bond donors (Lipinski definition) is 2. The van der Waals surface area contributed by atoms with Crippen LogP contribution in [0, 0.1) is 5.92 Å². The minimum atomic E-state index is -0.182. The van der Waals surface area contributed by atoms with Gasteiger partial charge in [0.15, 0.2) is 0 Å². The quantitative estimate of drug-likeness (QED) is 0.819. The van der Waals surface area contributed by atoms with Crippen molar-refractivity contribution in [1.29, 1.82) is 0 Å². The van der Waals surface area contributed by atoms with Crippen LogP contribution >= 0.6 is 11.3 Å². The lowest BCUT2D eigenvalue weighted by molar-refractivity contribution is 0.0788. The van der Waals surface area contributed by atoms with Crippen LogP contribution in [0.3, 0.4) is 0 Å². The molecule has 0 aliphatic carbocycles. The highest BCUT2D eigenvalue weighted by Crippen LogP contribution is 2.27. The first-order valence-corrected chi connectivity index (χ1v) is 9.92. The molecule has 138 valence electrons. The van der Waals surface area contributed by atoms with Gasteiger partial charge in [0.25, 0.3) is 11.8 Å². The number of likely N-dealkylation sites (tertiary alicyclic amines) is 1. The Morgan fingerprint density at radius 2 is 2.00 bits per heavy atom. The molecule has 2 N–H and O–H groups in total. The lowest BCUT2D eigenvalue weighted by Gasteiger charge is -2.17. The number of nitrogens with one attached hydrogen (secondary N) is 2. The normalized spacial score (nSPS) is 16.7. The highest BCUT2D eigenvalue weighted by Gasteiger charge is 2.28. The molecular weight excluding hydrogens is 346 g/mol. The minimum absolute atomic E-state index is 0.00137. The average molecular weight is 372 g/mol. The molecule has 0 spiro atoms. The van der Waals surface area contributed by atoms with Crippen molar-refractivity contribution in [3.63, 3.8) is 0 Å². The van der Waals surface area contributed by atoms with Crippen LogP contribution < -0.4 is 10.6 Å². The number of carbonyl (C=O) groups is 2. The van der Waals surface area contributed by atoms with E-state index in [-0.39, 0.29) is 11.8 Å². The second kappa shape index (κ2) is 8.47. The Labute approximate surface area is 158 Å². The Balaban J connectivity index is 1.68. The number of hydrogen-bond acceptors (Lipinski definition) is 4. The van der Waals surface area contributed by atoms with Gasteiger partial charge < -0.3 is 15.5 Å². The first kappa shape index (κ1) is 18.6. The molecule has 3 rings (SSSR count). The number of anilines is 1. The Kier molecular flexibility index (Phi) is 6.06. The molecule has 1 aliphatic rings. The van der Waals surface area contributed by atoms with Crippen LogP contribution in [-0.4, -0.2) is 43.4 Å². The molecule has 2 heterocycles. The summed E-state index contributed by atoms with van der Waals surface area (Å²) < 4.78 is 0. The fourth-order valence-electron chi connectivity index (χ4n) is 3.28. The van der Waals surface area contributed by atoms with Gasteiger partial charge in [-0.2, -0.15) is 0 Å². The molecule has 1 unspecified atom stereocenters. The van der Waals surface area contributed by atoms with Crippen molar-refractivity contribution >= 4 is 28.2 Å². The molecule has 1 aromatic carbocycles. The van der Waals surface area contributed by atoms with E-state index in [1.807, 2.05) is 41.6 Å². The Morgan fingerprint density at radius 3 is 2.69 bits per heavy atom. The van der Waals surface area contributed by atoms with Gasteiger partial charge >= 0.3 is 0 Å². The number of thiophene rings is 1. The molecule has 5 nitrogen and oxygen atoms in total. The summed E-state index contributed by atoms with van der Waals surface area (Å²) >= 11 is 1.39. The minimum Gasteiger partial charge on any atom is -0.338 e. The summed E-state index contributed by atoms with van der Waals surface area (Å²) in [4.78, 5) is 27.2. The van der Waals surface area contributed by atoms with Crippen LogP contribution in [0.2, 0.25) is 0 Å². The number of carbonyl (C=O) groups excluding carboxylic acids is 2. The molecule has 0 bridgehead atoms. The zero-order chi connectivity index (χ0) is 18.5. The van der Waals surface area contributed by atoms with Gasteiger partial charge in [0.05, 0.1) is 5.56 Å². The van der Waals surface area contributed by atoms with Crippen molar-refractivity contribution in [2.75, 3.05) is 32.0 Å². The van der Waals surface area contributed by atoms with E-state index < -0.39 is 0 Å². The van der Waals surface area contributed by atoms with Gasteiger partial charge in [-0.05, 0) is 61.5 Å². The van der Waals surface area contributed by atoms with E-state index in [0.717, 1.165) is 32.5 Å². The van der Waals surface area contributed by atoms with Crippen molar-refractivity contribution < 1.29 is 9.59 Å². The fraction of sp³-hybridized carbons (Fsp3) is 0.400. The highest BCUT2D eigenvalue weighted by molar-refractivity contribution is 7.14. The zero-order valence-electron chi connectivity index (χ0n) is 15.2. The summed E-state index contributed by atoms with van der Waals surface area (Å²) in [7, 11) is 1.93. The maximum atomic E-state index is 12.8. The van der Waals surface area contributed by atoms with E-state index in [2.05, 4.69) is 17.6 Å². The first-order valence-electron chi connectivity index (χ1n) is 9.04. The predicted molar refractivity (Wildman–Crippen MR) is 106 cm³/mol. The van der Waals surface area contributed by atoms with Crippen LogP contribution in [0.4, 0.5) is 5.00 Å². The Morgan fingerprint density at radius 1 is 1.23 bits per heavy atom. The van der Waals surface area contributed by atoms with E-state index in [0.29, 0.717) is 22.0 Å². The summed E-state index contributed by atoms with van der Waals surface area (Å²) in [5.74, 6) is 0.317. The second-order valence-electron chi connectivity index (χ2n) is 6.63. The summed E-state index contributed by atoms with van der Waals surface area (Å²) in [5.41, 5.74) is 2.38. The van der Waals surface area contributed by atoms with Crippen LogP contribution in [0.1, 0.15) is 39.6 Å². The maximum Gasteiger partial charge on any atom is 0.256 e. The first-order chi connectivity index (χ1) is 12.6. The lowest BCUT2D eigenvalue weighted by Crippen LogP contribution is -2.30. The highest BCUT2D eigenvalue weighted by atomic mass is 32.1. The monoisotopic (exact) mass is 371 g/mol. The van der Waals surface area contributed by atoms with E-state index in [4.69, 9.17) is 0 Å². The van der Waals surface area contributed by atoms with Gasteiger partial charge in [-0.3, -0.25) is 9.59 Å². The fourth-order valence-corrected chi connectivity index (χ4v) is 4.06. The van der Waals surface area contributed by atoms with Gasteiger partial charge in [-0.25, -0.2) is 0 Å².